The highest BCUT2D eigenvalue weighted by molar-refractivity contribution is 5.55. The van der Waals surface area contributed by atoms with Gasteiger partial charge in [0, 0.05) is 5.92 Å². The molecule has 1 nitrogen and oxygen atoms in total. The third-order valence-electron chi connectivity index (χ3n) is 2.39. The molecule has 0 radical (unpaired) electrons. The molecule has 0 aromatic carbocycles. The van der Waals surface area contributed by atoms with E-state index < -0.39 is 18.0 Å². The van der Waals surface area contributed by atoms with Crippen molar-refractivity contribution in [1.29, 1.82) is 0 Å². The maximum Gasteiger partial charge on any atom is 0.392 e. The van der Waals surface area contributed by atoms with E-state index >= 15 is 0 Å². The summed E-state index contributed by atoms with van der Waals surface area (Å²) in [5.41, 5.74) is 0.723. The average Bonchev–Trinajstić information content (AvgIpc) is 2.03. The number of hydrogen-bond acceptors (Lipinski definition) is 1. The predicted molar refractivity (Wildman–Crippen MR) is 42.1 cm³/mol. The number of carbonyl (C=O) groups excluding carboxylic acids is 1. The molecule has 0 amide bonds. The Morgan fingerprint density at radius 2 is 2.15 bits per heavy atom. The van der Waals surface area contributed by atoms with E-state index in [0.717, 1.165) is 5.57 Å². The Labute approximate surface area is 74.6 Å². The number of rotatable bonds is 1. The molecule has 2 atom stereocenters. The Hall–Kier alpha value is -0.800. The van der Waals surface area contributed by atoms with Crippen LogP contribution in [0, 0.1) is 11.8 Å². The fourth-order valence-electron chi connectivity index (χ4n) is 1.59. The van der Waals surface area contributed by atoms with E-state index in [1.54, 1.807) is 13.0 Å². The minimum Gasteiger partial charge on any atom is -0.303 e. The molecule has 1 rings (SSSR count). The smallest absolute Gasteiger partial charge is 0.303 e. The monoisotopic (exact) mass is 192 g/mol. The zero-order chi connectivity index (χ0) is 10.1. The maximum atomic E-state index is 12.4. The van der Waals surface area contributed by atoms with Gasteiger partial charge in [-0.05, 0) is 19.8 Å². The molecule has 74 valence electrons. The summed E-state index contributed by atoms with van der Waals surface area (Å²) in [6.45, 7) is 1.67. The number of aldehydes is 1. The first-order chi connectivity index (χ1) is 5.95. The average molecular weight is 192 g/mol. The Morgan fingerprint density at radius 3 is 2.62 bits per heavy atom. The van der Waals surface area contributed by atoms with Gasteiger partial charge in [-0.1, -0.05) is 11.6 Å². The summed E-state index contributed by atoms with van der Waals surface area (Å²) in [6.07, 6.45) is -1.93. The molecule has 0 saturated carbocycles. The second-order valence-electron chi connectivity index (χ2n) is 3.44. The molecule has 0 bridgehead atoms. The molecule has 0 aromatic heterocycles. The second-order valence-corrected chi connectivity index (χ2v) is 3.44. The van der Waals surface area contributed by atoms with E-state index in [2.05, 4.69) is 0 Å². The lowest BCUT2D eigenvalue weighted by molar-refractivity contribution is -0.189. The SMILES string of the molecule is CC1=CC[C@@H](C=O)[C@H](C(F)(F)F)C1. The normalized spacial score (nSPS) is 29.7. The van der Waals surface area contributed by atoms with Crippen molar-refractivity contribution in [2.75, 3.05) is 0 Å². The predicted octanol–water partition coefficient (Wildman–Crippen LogP) is 2.72. The number of carbonyl (C=O) groups is 1. The first-order valence-electron chi connectivity index (χ1n) is 4.12. The molecule has 0 heterocycles. The van der Waals surface area contributed by atoms with Gasteiger partial charge in [0.2, 0.25) is 0 Å². The maximum absolute atomic E-state index is 12.4. The van der Waals surface area contributed by atoms with Gasteiger partial charge in [-0.25, -0.2) is 0 Å². The molecule has 0 N–H and O–H groups in total. The van der Waals surface area contributed by atoms with E-state index in [0.29, 0.717) is 6.29 Å². The Morgan fingerprint density at radius 1 is 1.54 bits per heavy atom. The van der Waals surface area contributed by atoms with Gasteiger partial charge in [-0.15, -0.1) is 0 Å². The van der Waals surface area contributed by atoms with Gasteiger partial charge >= 0.3 is 6.18 Å². The molecule has 0 unspecified atom stereocenters. The number of alkyl halides is 3. The Bertz CT molecular complexity index is 230. The largest absolute Gasteiger partial charge is 0.392 e. The van der Waals surface area contributed by atoms with Crippen LogP contribution in [0.4, 0.5) is 13.2 Å². The summed E-state index contributed by atoms with van der Waals surface area (Å²) in [5.74, 6) is -2.36. The van der Waals surface area contributed by atoms with E-state index in [1.807, 2.05) is 0 Å². The summed E-state index contributed by atoms with van der Waals surface area (Å²) < 4.78 is 37.1. The Balaban J connectivity index is 2.82. The van der Waals surface area contributed by atoms with Crippen LogP contribution in [-0.4, -0.2) is 12.5 Å². The van der Waals surface area contributed by atoms with E-state index in [1.165, 1.54) is 0 Å². The molecule has 0 aliphatic heterocycles. The van der Waals surface area contributed by atoms with Crippen molar-refractivity contribution < 1.29 is 18.0 Å². The van der Waals surface area contributed by atoms with Gasteiger partial charge in [-0.2, -0.15) is 13.2 Å². The van der Waals surface area contributed by atoms with Gasteiger partial charge in [0.1, 0.15) is 6.29 Å². The molecule has 0 aromatic rings. The van der Waals surface area contributed by atoms with Crippen LogP contribution >= 0.6 is 0 Å². The van der Waals surface area contributed by atoms with Crippen molar-refractivity contribution in [1.82, 2.24) is 0 Å². The Kier molecular flexibility index (Phi) is 2.78. The van der Waals surface area contributed by atoms with Crippen LogP contribution in [0.3, 0.4) is 0 Å². The van der Waals surface area contributed by atoms with Crippen LogP contribution in [0.5, 0.6) is 0 Å². The van der Waals surface area contributed by atoms with Crippen LogP contribution in [-0.2, 0) is 4.79 Å². The molecule has 0 spiro atoms. The van der Waals surface area contributed by atoms with Crippen molar-refractivity contribution in [3.63, 3.8) is 0 Å². The van der Waals surface area contributed by atoms with Crippen LogP contribution in [0.25, 0.3) is 0 Å². The van der Waals surface area contributed by atoms with E-state index in [9.17, 15) is 18.0 Å². The lowest BCUT2D eigenvalue weighted by Gasteiger charge is -2.28. The molecular weight excluding hydrogens is 181 g/mol. The summed E-state index contributed by atoms with van der Waals surface area (Å²) in [5, 5.41) is 0. The lowest BCUT2D eigenvalue weighted by atomic mass is 9.80. The minimum atomic E-state index is -4.25. The summed E-state index contributed by atoms with van der Waals surface area (Å²) in [4.78, 5) is 10.4. The van der Waals surface area contributed by atoms with Gasteiger partial charge in [0.25, 0.3) is 0 Å². The van der Waals surface area contributed by atoms with E-state index in [4.69, 9.17) is 0 Å². The van der Waals surface area contributed by atoms with Crippen LogP contribution in [0.2, 0.25) is 0 Å². The fourth-order valence-corrected chi connectivity index (χ4v) is 1.59. The third kappa shape index (κ3) is 2.32. The van der Waals surface area contributed by atoms with Gasteiger partial charge in [0.15, 0.2) is 0 Å². The van der Waals surface area contributed by atoms with Crippen molar-refractivity contribution in [2.45, 2.75) is 25.9 Å². The molecule has 0 saturated heterocycles. The molecule has 0 fully saturated rings. The van der Waals surface area contributed by atoms with E-state index in [-0.39, 0.29) is 12.8 Å². The van der Waals surface area contributed by atoms with Crippen molar-refractivity contribution in [2.24, 2.45) is 11.8 Å². The zero-order valence-corrected chi connectivity index (χ0v) is 7.27. The zero-order valence-electron chi connectivity index (χ0n) is 7.27. The van der Waals surface area contributed by atoms with Gasteiger partial charge in [0.05, 0.1) is 5.92 Å². The molecule has 1 aliphatic carbocycles. The highest BCUT2D eigenvalue weighted by atomic mass is 19.4. The van der Waals surface area contributed by atoms with Crippen molar-refractivity contribution in [3.8, 4) is 0 Å². The summed E-state index contributed by atoms with van der Waals surface area (Å²) in [7, 11) is 0. The fraction of sp³-hybridized carbons (Fsp3) is 0.667. The summed E-state index contributed by atoms with van der Waals surface area (Å²) >= 11 is 0. The lowest BCUT2D eigenvalue weighted by Crippen LogP contribution is -2.33. The van der Waals surface area contributed by atoms with Crippen molar-refractivity contribution in [3.05, 3.63) is 11.6 Å². The van der Waals surface area contributed by atoms with Gasteiger partial charge < -0.3 is 4.79 Å². The third-order valence-corrected chi connectivity index (χ3v) is 2.39. The van der Waals surface area contributed by atoms with Crippen LogP contribution in [0.1, 0.15) is 19.8 Å². The van der Waals surface area contributed by atoms with Crippen LogP contribution in [0.15, 0.2) is 11.6 Å². The molecular formula is C9H11F3O. The molecule has 4 heteroatoms. The summed E-state index contributed by atoms with van der Waals surface area (Å²) in [6, 6.07) is 0. The minimum absolute atomic E-state index is 0.0348. The van der Waals surface area contributed by atoms with Crippen LogP contribution < -0.4 is 0 Å². The number of halogens is 3. The first-order valence-corrected chi connectivity index (χ1v) is 4.12. The number of hydrogen-bond donors (Lipinski definition) is 0. The second kappa shape index (κ2) is 3.52. The standard InChI is InChI=1S/C9H11F3O/c1-6-2-3-7(5-13)8(4-6)9(10,11)12/h2,5,7-8H,3-4H2,1H3/t7-,8+/m0/s1. The topological polar surface area (TPSA) is 17.1 Å². The molecule has 13 heavy (non-hydrogen) atoms. The number of allylic oxidation sites excluding steroid dienone is 2. The van der Waals surface area contributed by atoms with Crippen molar-refractivity contribution >= 4 is 6.29 Å². The highest BCUT2D eigenvalue weighted by Gasteiger charge is 2.45. The van der Waals surface area contributed by atoms with Gasteiger partial charge in [-0.3, -0.25) is 0 Å². The first kappa shape index (κ1) is 10.3. The quantitative estimate of drug-likeness (QED) is 0.461. The molecule has 1 aliphatic rings. The highest BCUT2D eigenvalue weighted by Crippen LogP contribution is 2.40.